The monoisotopic (exact) mass is 277 g/mol. The van der Waals surface area contributed by atoms with Crippen molar-refractivity contribution in [3.8, 4) is 6.07 Å². The third kappa shape index (κ3) is 4.44. The fourth-order valence-electron chi connectivity index (χ4n) is 1.99. The van der Waals surface area contributed by atoms with Crippen LogP contribution in [-0.2, 0) is 17.6 Å². The van der Waals surface area contributed by atoms with E-state index in [0.717, 1.165) is 37.2 Å². The summed E-state index contributed by atoms with van der Waals surface area (Å²) >= 11 is 0. The second kappa shape index (κ2) is 9.23. The summed E-state index contributed by atoms with van der Waals surface area (Å²) in [4.78, 5) is 0. The van der Waals surface area contributed by atoms with E-state index in [1.807, 2.05) is 13.8 Å². The van der Waals surface area contributed by atoms with Gasteiger partial charge in [-0.05, 0) is 18.4 Å². The maximum atomic E-state index is 9.33. The highest BCUT2D eigenvalue weighted by atomic mass is 16.5. The molecule has 110 valence electrons. The Kier molecular flexibility index (Phi) is 7.55. The molecule has 0 spiro atoms. The van der Waals surface area contributed by atoms with Crippen LogP contribution in [0.15, 0.2) is 0 Å². The van der Waals surface area contributed by atoms with E-state index in [1.165, 1.54) is 0 Å². The Morgan fingerprint density at radius 3 is 2.55 bits per heavy atom. The van der Waals surface area contributed by atoms with Gasteiger partial charge < -0.3 is 15.4 Å². The molecule has 0 unspecified atom stereocenters. The quantitative estimate of drug-likeness (QED) is 0.658. The standard InChI is InChI=1S/C14H23N5O/c1-4-11-12(10-15)14(19-18-13(11)5-2)17-7-6-16-8-9-20-3/h16H,4-9H2,1-3H3,(H,17,19). The summed E-state index contributed by atoms with van der Waals surface area (Å²) in [7, 11) is 1.68. The molecule has 0 radical (unpaired) electrons. The lowest BCUT2D eigenvalue weighted by atomic mass is 10.0. The van der Waals surface area contributed by atoms with Gasteiger partial charge in [-0.25, -0.2) is 0 Å². The van der Waals surface area contributed by atoms with E-state index in [4.69, 9.17) is 4.74 Å². The SMILES string of the molecule is CCc1nnc(NCCNCCOC)c(C#N)c1CC. The summed E-state index contributed by atoms with van der Waals surface area (Å²) < 4.78 is 4.95. The van der Waals surface area contributed by atoms with Gasteiger partial charge in [0.25, 0.3) is 0 Å². The molecule has 0 aliphatic carbocycles. The van der Waals surface area contributed by atoms with Gasteiger partial charge in [-0.15, -0.1) is 5.10 Å². The molecule has 0 saturated heterocycles. The zero-order valence-corrected chi connectivity index (χ0v) is 12.5. The van der Waals surface area contributed by atoms with Gasteiger partial charge in [0, 0.05) is 26.7 Å². The lowest BCUT2D eigenvalue weighted by Crippen LogP contribution is -2.26. The van der Waals surface area contributed by atoms with Crippen LogP contribution >= 0.6 is 0 Å². The molecule has 0 aromatic carbocycles. The number of aromatic nitrogens is 2. The van der Waals surface area contributed by atoms with Crippen LogP contribution in [0, 0.1) is 11.3 Å². The molecule has 6 heteroatoms. The zero-order chi connectivity index (χ0) is 14.8. The molecule has 1 heterocycles. The molecule has 1 aromatic heterocycles. The normalized spacial score (nSPS) is 10.3. The van der Waals surface area contributed by atoms with Crippen molar-refractivity contribution < 1.29 is 4.74 Å². The van der Waals surface area contributed by atoms with Crippen molar-refractivity contribution in [3.63, 3.8) is 0 Å². The van der Waals surface area contributed by atoms with E-state index in [1.54, 1.807) is 7.11 Å². The van der Waals surface area contributed by atoms with Gasteiger partial charge in [-0.1, -0.05) is 13.8 Å². The van der Waals surface area contributed by atoms with Gasteiger partial charge in [0.15, 0.2) is 5.82 Å². The van der Waals surface area contributed by atoms with Crippen molar-refractivity contribution in [1.29, 1.82) is 5.26 Å². The summed E-state index contributed by atoms with van der Waals surface area (Å²) in [5.41, 5.74) is 2.53. The molecule has 1 aromatic rings. The van der Waals surface area contributed by atoms with Crippen LogP contribution in [0.25, 0.3) is 0 Å². The molecule has 0 amide bonds. The van der Waals surface area contributed by atoms with E-state index in [9.17, 15) is 5.26 Å². The smallest absolute Gasteiger partial charge is 0.166 e. The Morgan fingerprint density at radius 2 is 1.95 bits per heavy atom. The predicted molar refractivity (Wildman–Crippen MR) is 78.7 cm³/mol. The van der Waals surface area contributed by atoms with Gasteiger partial charge in [0.1, 0.15) is 11.6 Å². The summed E-state index contributed by atoms with van der Waals surface area (Å²) in [5, 5.41) is 24.1. The number of ether oxygens (including phenoxy) is 1. The third-order valence-corrected chi connectivity index (χ3v) is 3.04. The topological polar surface area (TPSA) is 82.9 Å². The average Bonchev–Trinajstić information content (AvgIpc) is 2.49. The molecule has 0 aliphatic heterocycles. The zero-order valence-electron chi connectivity index (χ0n) is 12.5. The van der Waals surface area contributed by atoms with Crippen LogP contribution in [0.5, 0.6) is 0 Å². The first-order chi connectivity index (χ1) is 9.78. The van der Waals surface area contributed by atoms with Crippen molar-refractivity contribution in [2.75, 3.05) is 38.7 Å². The molecule has 6 nitrogen and oxygen atoms in total. The highest BCUT2D eigenvalue weighted by Crippen LogP contribution is 2.19. The van der Waals surface area contributed by atoms with Crippen LogP contribution in [0.1, 0.15) is 30.7 Å². The van der Waals surface area contributed by atoms with Gasteiger partial charge in [0.2, 0.25) is 0 Å². The predicted octanol–water partition coefficient (Wildman–Crippen LogP) is 1.12. The third-order valence-electron chi connectivity index (χ3n) is 3.04. The molecule has 20 heavy (non-hydrogen) atoms. The lowest BCUT2D eigenvalue weighted by molar-refractivity contribution is 0.200. The van der Waals surface area contributed by atoms with Gasteiger partial charge >= 0.3 is 0 Å². The van der Waals surface area contributed by atoms with Crippen LogP contribution in [0.2, 0.25) is 0 Å². The molecule has 1 rings (SSSR count). The molecule has 0 fully saturated rings. The molecular weight excluding hydrogens is 254 g/mol. The van der Waals surface area contributed by atoms with Gasteiger partial charge in [-0.2, -0.15) is 10.4 Å². The second-order valence-corrected chi connectivity index (χ2v) is 4.34. The first kappa shape index (κ1) is 16.3. The molecule has 0 atom stereocenters. The van der Waals surface area contributed by atoms with Crippen molar-refractivity contribution in [1.82, 2.24) is 15.5 Å². The van der Waals surface area contributed by atoms with Crippen molar-refractivity contribution in [3.05, 3.63) is 16.8 Å². The Morgan fingerprint density at radius 1 is 1.15 bits per heavy atom. The number of nitrogens with one attached hydrogen (secondary N) is 2. The molecule has 2 N–H and O–H groups in total. The summed E-state index contributed by atoms with van der Waals surface area (Å²) in [6, 6.07) is 2.25. The van der Waals surface area contributed by atoms with Crippen molar-refractivity contribution in [2.24, 2.45) is 0 Å². The fourth-order valence-corrected chi connectivity index (χ4v) is 1.99. The van der Waals surface area contributed by atoms with E-state index in [2.05, 4.69) is 26.9 Å². The number of rotatable bonds is 9. The Hall–Kier alpha value is -1.71. The maximum Gasteiger partial charge on any atom is 0.166 e. The number of hydrogen-bond acceptors (Lipinski definition) is 6. The van der Waals surface area contributed by atoms with Crippen LogP contribution < -0.4 is 10.6 Å². The van der Waals surface area contributed by atoms with E-state index < -0.39 is 0 Å². The lowest BCUT2D eigenvalue weighted by Gasteiger charge is -2.12. The number of nitrogens with zero attached hydrogens (tertiary/aromatic N) is 3. The molecule has 0 aliphatic rings. The molecular formula is C14H23N5O. The Labute approximate surface area is 120 Å². The summed E-state index contributed by atoms with van der Waals surface area (Å²) in [6.07, 6.45) is 1.59. The van der Waals surface area contributed by atoms with E-state index in [-0.39, 0.29) is 0 Å². The fraction of sp³-hybridized carbons (Fsp3) is 0.643. The summed E-state index contributed by atoms with van der Waals surface area (Å²) in [5.74, 6) is 0.579. The highest BCUT2D eigenvalue weighted by Gasteiger charge is 2.13. The number of hydrogen-bond donors (Lipinski definition) is 2. The van der Waals surface area contributed by atoms with Crippen LogP contribution in [0.3, 0.4) is 0 Å². The summed E-state index contributed by atoms with van der Waals surface area (Å²) in [6.45, 7) is 7.04. The van der Waals surface area contributed by atoms with Gasteiger partial charge in [0.05, 0.1) is 12.3 Å². The van der Waals surface area contributed by atoms with E-state index in [0.29, 0.717) is 24.5 Å². The minimum absolute atomic E-state index is 0.579. The second-order valence-electron chi connectivity index (χ2n) is 4.34. The van der Waals surface area contributed by atoms with Crippen molar-refractivity contribution in [2.45, 2.75) is 26.7 Å². The van der Waals surface area contributed by atoms with Crippen molar-refractivity contribution >= 4 is 5.82 Å². The Bertz CT molecular complexity index is 456. The van der Waals surface area contributed by atoms with Crippen LogP contribution in [0.4, 0.5) is 5.82 Å². The number of aryl methyl sites for hydroxylation is 1. The first-order valence-corrected chi connectivity index (χ1v) is 7.00. The van der Waals surface area contributed by atoms with Crippen LogP contribution in [-0.4, -0.2) is 43.5 Å². The first-order valence-electron chi connectivity index (χ1n) is 7.00. The van der Waals surface area contributed by atoms with Gasteiger partial charge in [-0.3, -0.25) is 0 Å². The number of methoxy groups -OCH3 is 1. The maximum absolute atomic E-state index is 9.33. The molecule has 0 saturated carbocycles. The Balaban J connectivity index is 2.64. The highest BCUT2D eigenvalue weighted by molar-refractivity contribution is 5.56. The molecule has 0 bridgehead atoms. The minimum Gasteiger partial charge on any atom is -0.383 e. The average molecular weight is 277 g/mol. The number of nitriles is 1. The number of anilines is 1. The minimum atomic E-state index is 0.579. The largest absolute Gasteiger partial charge is 0.383 e. The van der Waals surface area contributed by atoms with E-state index >= 15 is 0 Å².